The van der Waals surface area contributed by atoms with E-state index in [9.17, 15) is 14.4 Å². The Hall–Kier alpha value is -2.21. The molecule has 0 aromatic heterocycles. The first kappa shape index (κ1) is 17.8. The van der Waals surface area contributed by atoms with E-state index in [0.717, 1.165) is 11.1 Å². The van der Waals surface area contributed by atoms with E-state index in [4.69, 9.17) is 9.84 Å². The third-order valence-electron chi connectivity index (χ3n) is 3.07. The van der Waals surface area contributed by atoms with Gasteiger partial charge in [-0.15, -0.1) is 0 Å². The zero-order chi connectivity index (χ0) is 16.5. The molecule has 0 saturated heterocycles. The van der Waals surface area contributed by atoms with E-state index < -0.39 is 5.97 Å². The number of ketones is 1. The lowest BCUT2D eigenvalue weighted by molar-refractivity contribution is -0.142. The first-order valence-electron chi connectivity index (χ1n) is 7.07. The summed E-state index contributed by atoms with van der Waals surface area (Å²) in [6, 6.07) is 5.66. The van der Waals surface area contributed by atoms with Crippen molar-refractivity contribution in [1.82, 2.24) is 5.32 Å². The number of carbonyl (C=O) groups is 3. The molecule has 0 heterocycles. The van der Waals surface area contributed by atoms with Gasteiger partial charge in [-0.25, -0.2) is 4.79 Å². The van der Waals surface area contributed by atoms with Crippen LogP contribution in [-0.2, 0) is 14.3 Å². The van der Waals surface area contributed by atoms with Crippen LogP contribution in [-0.4, -0.2) is 42.5 Å². The van der Waals surface area contributed by atoms with Crippen LogP contribution < -0.4 is 5.32 Å². The van der Waals surface area contributed by atoms with Gasteiger partial charge in [0.15, 0.2) is 5.78 Å². The van der Waals surface area contributed by atoms with Crippen molar-refractivity contribution >= 4 is 17.7 Å². The minimum absolute atomic E-state index is 0.0570. The Morgan fingerprint density at radius 3 is 2.59 bits per heavy atom. The maximum absolute atomic E-state index is 12.1. The SMILES string of the molecule is Cc1ccc(C)c(C(=O)CCC(=O)NCCOCC(=O)O)c1. The van der Waals surface area contributed by atoms with Crippen molar-refractivity contribution in [2.75, 3.05) is 19.8 Å². The highest BCUT2D eigenvalue weighted by Gasteiger charge is 2.11. The predicted molar refractivity (Wildman–Crippen MR) is 80.9 cm³/mol. The number of carboxylic acids is 1. The second kappa shape index (κ2) is 8.94. The summed E-state index contributed by atoms with van der Waals surface area (Å²) in [7, 11) is 0. The molecule has 0 saturated carbocycles. The lowest BCUT2D eigenvalue weighted by Gasteiger charge is -2.07. The zero-order valence-corrected chi connectivity index (χ0v) is 12.8. The van der Waals surface area contributed by atoms with Gasteiger partial charge in [-0.1, -0.05) is 17.7 Å². The van der Waals surface area contributed by atoms with Crippen LogP contribution in [0.3, 0.4) is 0 Å². The molecular weight excluding hydrogens is 286 g/mol. The van der Waals surface area contributed by atoms with E-state index in [1.54, 1.807) is 0 Å². The summed E-state index contributed by atoms with van der Waals surface area (Å²) in [4.78, 5) is 33.9. The molecule has 0 aliphatic rings. The van der Waals surface area contributed by atoms with Gasteiger partial charge in [-0.3, -0.25) is 9.59 Å². The third kappa shape index (κ3) is 6.49. The molecule has 1 aromatic carbocycles. The number of aliphatic carboxylic acids is 1. The van der Waals surface area contributed by atoms with E-state index in [0.29, 0.717) is 5.56 Å². The molecule has 6 heteroatoms. The number of carbonyl (C=O) groups excluding carboxylic acids is 2. The number of Topliss-reactive ketones (excluding diaryl/α,β-unsaturated/α-hetero) is 1. The summed E-state index contributed by atoms with van der Waals surface area (Å²) in [5, 5.41) is 10.9. The molecule has 120 valence electrons. The van der Waals surface area contributed by atoms with Crippen molar-refractivity contribution < 1.29 is 24.2 Å². The zero-order valence-electron chi connectivity index (χ0n) is 12.8. The molecule has 0 aliphatic carbocycles. The summed E-state index contributed by atoms with van der Waals surface area (Å²) < 4.78 is 4.79. The number of hydrogen-bond acceptors (Lipinski definition) is 4. The van der Waals surface area contributed by atoms with Gasteiger partial charge in [0, 0.05) is 24.9 Å². The minimum atomic E-state index is -1.05. The fraction of sp³-hybridized carbons (Fsp3) is 0.438. The molecule has 2 N–H and O–H groups in total. The summed E-state index contributed by atoms with van der Waals surface area (Å²) in [6.45, 7) is 3.75. The average molecular weight is 307 g/mol. The number of amides is 1. The molecule has 6 nitrogen and oxygen atoms in total. The summed E-state index contributed by atoms with van der Waals surface area (Å²) in [5.74, 6) is -1.36. The Kier molecular flexibility index (Phi) is 7.25. The molecule has 1 rings (SSSR count). The standard InChI is InChI=1S/C16H21NO5/c1-11-3-4-12(2)13(9-11)14(18)5-6-15(19)17-7-8-22-10-16(20)21/h3-4,9H,5-8,10H2,1-2H3,(H,17,19)(H,20,21). The van der Waals surface area contributed by atoms with Crippen molar-refractivity contribution in [3.63, 3.8) is 0 Å². The molecule has 1 aromatic rings. The summed E-state index contributed by atoms with van der Waals surface area (Å²) >= 11 is 0. The van der Waals surface area contributed by atoms with E-state index >= 15 is 0 Å². The Labute approximate surface area is 129 Å². The number of hydrogen-bond donors (Lipinski definition) is 2. The normalized spacial score (nSPS) is 10.3. The van der Waals surface area contributed by atoms with E-state index in [1.165, 1.54) is 0 Å². The smallest absolute Gasteiger partial charge is 0.329 e. The number of ether oxygens (including phenoxy) is 1. The quantitative estimate of drug-likeness (QED) is 0.532. The van der Waals surface area contributed by atoms with Crippen LogP contribution in [0.5, 0.6) is 0 Å². The Morgan fingerprint density at radius 1 is 1.18 bits per heavy atom. The Morgan fingerprint density at radius 2 is 1.91 bits per heavy atom. The van der Waals surface area contributed by atoms with Crippen molar-refractivity contribution in [3.05, 3.63) is 34.9 Å². The van der Waals surface area contributed by atoms with Crippen LogP contribution in [0.2, 0.25) is 0 Å². The highest BCUT2D eigenvalue weighted by molar-refractivity contribution is 5.99. The fourth-order valence-corrected chi connectivity index (χ4v) is 1.91. The third-order valence-corrected chi connectivity index (χ3v) is 3.07. The maximum Gasteiger partial charge on any atom is 0.329 e. The number of carboxylic acid groups (broad SMARTS) is 1. The van der Waals surface area contributed by atoms with E-state index in [-0.39, 0.29) is 44.3 Å². The molecule has 0 bridgehead atoms. The molecule has 0 radical (unpaired) electrons. The average Bonchev–Trinajstić information content (AvgIpc) is 2.46. The van der Waals surface area contributed by atoms with Gasteiger partial charge in [0.1, 0.15) is 6.61 Å². The van der Waals surface area contributed by atoms with Gasteiger partial charge in [-0.05, 0) is 25.5 Å². The molecule has 0 unspecified atom stereocenters. The van der Waals surface area contributed by atoms with Gasteiger partial charge >= 0.3 is 5.97 Å². The minimum Gasteiger partial charge on any atom is -0.480 e. The van der Waals surface area contributed by atoms with Crippen LogP contribution in [0, 0.1) is 13.8 Å². The second-order valence-electron chi connectivity index (χ2n) is 5.04. The second-order valence-corrected chi connectivity index (χ2v) is 5.04. The number of aryl methyl sites for hydroxylation is 2. The van der Waals surface area contributed by atoms with E-state index in [2.05, 4.69) is 5.32 Å². The highest BCUT2D eigenvalue weighted by atomic mass is 16.5. The first-order chi connectivity index (χ1) is 10.4. The predicted octanol–water partition coefficient (Wildman–Crippen LogP) is 1.48. The molecule has 0 atom stereocenters. The monoisotopic (exact) mass is 307 g/mol. The summed E-state index contributed by atoms with van der Waals surface area (Å²) in [5.41, 5.74) is 2.56. The first-order valence-corrected chi connectivity index (χ1v) is 7.07. The molecule has 0 fully saturated rings. The number of rotatable bonds is 9. The van der Waals surface area contributed by atoms with Crippen molar-refractivity contribution in [3.8, 4) is 0 Å². The van der Waals surface area contributed by atoms with E-state index in [1.807, 2.05) is 32.0 Å². The largest absolute Gasteiger partial charge is 0.480 e. The van der Waals surface area contributed by atoms with Gasteiger partial charge in [0.25, 0.3) is 0 Å². The van der Waals surface area contributed by atoms with Crippen LogP contribution >= 0.6 is 0 Å². The van der Waals surface area contributed by atoms with Crippen molar-refractivity contribution in [2.24, 2.45) is 0 Å². The molecule has 1 amide bonds. The lowest BCUT2D eigenvalue weighted by atomic mass is 9.99. The maximum atomic E-state index is 12.1. The van der Waals surface area contributed by atoms with Crippen LogP contribution in [0.25, 0.3) is 0 Å². The van der Waals surface area contributed by atoms with Gasteiger partial charge < -0.3 is 15.2 Å². The fourth-order valence-electron chi connectivity index (χ4n) is 1.91. The van der Waals surface area contributed by atoms with Crippen LogP contribution in [0.1, 0.15) is 34.3 Å². The Balaban J connectivity index is 2.30. The topological polar surface area (TPSA) is 92.7 Å². The van der Waals surface area contributed by atoms with Gasteiger partial charge in [0.2, 0.25) is 5.91 Å². The van der Waals surface area contributed by atoms with Gasteiger partial charge in [-0.2, -0.15) is 0 Å². The molecule has 22 heavy (non-hydrogen) atoms. The Bertz CT molecular complexity index is 553. The highest BCUT2D eigenvalue weighted by Crippen LogP contribution is 2.13. The summed E-state index contributed by atoms with van der Waals surface area (Å²) in [6.07, 6.45) is 0.247. The molecular formula is C16H21NO5. The molecule has 0 spiro atoms. The molecule has 0 aliphatic heterocycles. The van der Waals surface area contributed by atoms with Crippen molar-refractivity contribution in [1.29, 1.82) is 0 Å². The lowest BCUT2D eigenvalue weighted by Crippen LogP contribution is -2.28. The number of benzene rings is 1. The van der Waals surface area contributed by atoms with Crippen molar-refractivity contribution in [2.45, 2.75) is 26.7 Å². The number of nitrogens with one attached hydrogen (secondary N) is 1. The van der Waals surface area contributed by atoms with Crippen LogP contribution in [0.4, 0.5) is 0 Å². The van der Waals surface area contributed by atoms with Crippen LogP contribution in [0.15, 0.2) is 18.2 Å². The van der Waals surface area contributed by atoms with Gasteiger partial charge in [0.05, 0.1) is 6.61 Å².